The molecule has 0 unspecified atom stereocenters. The third kappa shape index (κ3) is 36.4. The van der Waals surface area contributed by atoms with Crippen LogP contribution in [0.25, 0.3) is 0 Å². The Morgan fingerprint density at radius 2 is 1.56 bits per heavy atom. The van der Waals surface area contributed by atoms with Crippen LogP contribution in [0.2, 0.25) is 0 Å². The summed E-state index contributed by atoms with van der Waals surface area (Å²) in [5.74, 6) is -2.94. The van der Waals surface area contributed by atoms with E-state index >= 15 is 0 Å². The number of rotatable bonds is 4. The van der Waals surface area contributed by atoms with Gasteiger partial charge in [0.1, 0.15) is 6.54 Å². The molecule has 0 aromatic rings. The van der Waals surface area contributed by atoms with Crippen LogP contribution in [-0.4, -0.2) is 120 Å². The van der Waals surface area contributed by atoms with Gasteiger partial charge in [-0.05, 0) is 0 Å². The number of aliphatic hydroxyl groups is 1. The second-order valence-corrected chi connectivity index (χ2v) is 3.68. The van der Waals surface area contributed by atoms with Crippen LogP contribution in [0.4, 0.5) is 0 Å². The first-order chi connectivity index (χ1) is 6.19. The maximum atomic E-state index is 9.39. The predicted molar refractivity (Wildman–Crippen MR) is 61.5 cm³/mol. The zero-order valence-corrected chi connectivity index (χ0v) is 8.69. The molecular weight excluding hydrogens is 236 g/mol. The minimum atomic E-state index is -1.56. The first kappa shape index (κ1) is 25.6. The summed E-state index contributed by atoms with van der Waals surface area (Å²) in [5.41, 5.74) is 0. The monoisotopic (exact) mass is 255 g/mol. The zero-order valence-electron chi connectivity index (χ0n) is 8.69. The summed E-state index contributed by atoms with van der Waals surface area (Å²) < 4.78 is 0.844. The normalized spacial score (nSPS) is 8.75. The van der Waals surface area contributed by atoms with Gasteiger partial charge in [-0.2, -0.15) is 0 Å². The number of nitrogens with zero attached hydrogens (tertiary/aromatic N) is 1. The molecule has 0 atom stereocenters. The van der Waals surface area contributed by atoms with Gasteiger partial charge in [0.25, 0.3) is 0 Å². The molecule has 0 radical (unpaired) electrons. The Morgan fingerprint density at radius 3 is 1.56 bits per heavy atom. The average molecular weight is 255 g/mol. The fourth-order valence-corrected chi connectivity index (χ4v) is 0.423. The van der Waals surface area contributed by atoms with Crippen LogP contribution in [0.5, 0.6) is 0 Å². The number of aliphatic carboxylic acids is 2. The van der Waals surface area contributed by atoms with Gasteiger partial charge >= 0.3 is 65.1 Å². The van der Waals surface area contributed by atoms with Gasteiger partial charge in [0, 0.05) is 0 Å². The SMILES string of the molecule is C[N+](C)(C)CCO.O=C([O-])CC(=O)O.[NaH].[NaH]. The van der Waals surface area contributed by atoms with E-state index in [1.807, 2.05) is 0 Å². The van der Waals surface area contributed by atoms with E-state index in [0.717, 1.165) is 11.0 Å². The number of carboxylic acid groups (broad SMARTS) is 2. The molecule has 8 heteroatoms. The first-order valence-corrected chi connectivity index (χ1v) is 4.02. The molecule has 0 saturated heterocycles. The van der Waals surface area contributed by atoms with Crippen molar-refractivity contribution in [1.82, 2.24) is 0 Å². The number of aliphatic hydroxyl groups excluding tert-OH is 1. The van der Waals surface area contributed by atoms with E-state index < -0.39 is 18.4 Å². The van der Waals surface area contributed by atoms with Crippen molar-refractivity contribution in [3.8, 4) is 0 Å². The van der Waals surface area contributed by atoms with Crippen LogP contribution < -0.4 is 5.11 Å². The Kier molecular flexibility index (Phi) is 22.3. The molecule has 0 bridgehead atoms. The van der Waals surface area contributed by atoms with Crippen LogP contribution in [0, 0.1) is 0 Å². The molecule has 0 aromatic carbocycles. The number of carboxylic acids is 2. The van der Waals surface area contributed by atoms with Crippen molar-refractivity contribution < 1.29 is 29.4 Å². The van der Waals surface area contributed by atoms with E-state index in [4.69, 9.17) is 10.2 Å². The summed E-state index contributed by atoms with van der Waals surface area (Å²) in [7, 11) is 6.16. The van der Waals surface area contributed by atoms with E-state index in [-0.39, 0.29) is 65.7 Å². The maximum absolute atomic E-state index is 9.39. The van der Waals surface area contributed by atoms with Crippen molar-refractivity contribution >= 4 is 71.1 Å². The van der Waals surface area contributed by atoms with Crippen LogP contribution in [0.15, 0.2) is 0 Å². The van der Waals surface area contributed by atoms with Crippen molar-refractivity contribution in [2.75, 3.05) is 34.3 Å². The molecule has 0 aliphatic heterocycles. The van der Waals surface area contributed by atoms with Gasteiger partial charge in [0.05, 0.1) is 40.1 Å². The van der Waals surface area contributed by atoms with Crippen LogP contribution in [0.1, 0.15) is 6.42 Å². The van der Waals surface area contributed by atoms with Crippen LogP contribution in [0.3, 0.4) is 0 Å². The number of carbonyl (C=O) groups excluding carboxylic acids is 1. The molecule has 0 heterocycles. The van der Waals surface area contributed by atoms with Gasteiger partial charge in [0.2, 0.25) is 0 Å². The molecule has 0 aromatic heterocycles. The predicted octanol–water partition coefficient (Wildman–Crippen LogP) is -3.40. The summed E-state index contributed by atoms with van der Waals surface area (Å²) in [6, 6.07) is 0. The third-order valence-corrected chi connectivity index (χ3v) is 1.07. The van der Waals surface area contributed by atoms with E-state index in [9.17, 15) is 14.7 Å². The van der Waals surface area contributed by atoms with Gasteiger partial charge in [-0.1, -0.05) is 0 Å². The first-order valence-electron chi connectivity index (χ1n) is 4.02. The van der Waals surface area contributed by atoms with E-state index in [1.165, 1.54) is 0 Å². The van der Waals surface area contributed by atoms with Crippen molar-refractivity contribution in [2.45, 2.75) is 6.42 Å². The van der Waals surface area contributed by atoms with E-state index in [2.05, 4.69) is 21.1 Å². The molecule has 0 aliphatic rings. The fourth-order valence-electron chi connectivity index (χ4n) is 0.423. The number of hydrogen-bond donors (Lipinski definition) is 2. The molecule has 0 fully saturated rings. The Bertz CT molecular complexity index is 181. The Hall–Kier alpha value is 0.860. The van der Waals surface area contributed by atoms with Crippen LogP contribution >= 0.6 is 0 Å². The number of hydrogen-bond acceptors (Lipinski definition) is 4. The Balaban J connectivity index is -0.0000000800. The van der Waals surface area contributed by atoms with E-state index in [1.54, 1.807) is 0 Å². The topological polar surface area (TPSA) is 97.7 Å². The molecule has 88 valence electrons. The number of likely N-dealkylation sites (N-methyl/N-ethyl adjacent to an activating group) is 1. The summed E-state index contributed by atoms with van der Waals surface area (Å²) >= 11 is 0. The van der Waals surface area contributed by atoms with Gasteiger partial charge < -0.3 is 24.6 Å². The summed E-state index contributed by atoms with van der Waals surface area (Å²) in [4.78, 5) is 18.7. The second-order valence-electron chi connectivity index (χ2n) is 3.68. The summed E-state index contributed by atoms with van der Waals surface area (Å²) in [6.07, 6.45) is -0.917. The van der Waals surface area contributed by atoms with Gasteiger partial charge in [-0.15, -0.1) is 0 Å². The van der Waals surface area contributed by atoms with Crippen molar-refractivity contribution in [3.05, 3.63) is 0 Å². The van der Waals surface area contributed by atoms with Crippen molar-refractivity contribution in [3.63, 3.8) is 0 Å². The molecule has 0 spiro atoms. The van der Waals surface area contributed by atoms with Crippen molar-refractivity contribution in [2.24, 2.45) is 0 Å². The zero-order chi connectivity index (χ0) is 11.8. The quantitative estimate of drug-likeness (QED) is 0.310. The molecule has 0 rings (SSSR count). The molecule has 0 amide bonds. The third-order valence-electron chi connectivity index (χ3n) is 1.07. The average Bonchev–Trinajstić information content (AvgIpc) is 1.80. The summed E-state index contributed by atoms with van der Waals surface area (Å²) in [5, 5.41) is 25.4. The molecule has 0 aliphatic carbocycles. The molecule has 2 N–H and O–H groups in total. The second kappa shape index (κ2) is 13.9. The fraction of sp³-hybridized carbons (Fsp3) is 0.750. The number of quaternary nitrogens is 1. The van der Waals surface area contributed by atoms with Crippen molar-refractivity contribution in [1.29, 1.82) is 0 Å². The minimum absolute atomic E-state index is 0. The molecular formula is C8H19NNa2O5. The standard InChI is InChI=1S/C5H14NO.C3H4O4.2Na.2H/c1-6(2,3)4-5-7;4-2(5)1-3(6)7;;;;/h7H,4-5H2,1-3H3;1H2,(H,4,5)(H,6,7);;;;/q+1;;;;;/p-1. The molecule has 16 heavy (non-hydrogen) atoms. The number of carbonyl (C=O) groups is 2. The van der Waals surface area contributed by atoms with Gasteiger partial charge in [0.15, 0.2) is 0 Å². The Morgan fingerprint density at radius 1 is 1.19 bits per heavy atom. The molecule has 6 nitrogen and oxygen atoms in total. The molecule has 0 saturated carbocycles. The van der Waals surface area contributed by atoms with Crippen LogP contribution in [-0.2, 0) is 9.59 Å². The Labute approximate surface area is 140 Å². The van der Waals surface area contributed by atoms with Gasteiger partial charge in [-0.25, -0.2) is 0 Å². The van der Waals surface area contributed by atoms with Gasteiger partial charge in [-0.3, -0.25) is 4.79 Å². The summed E-state index contributed by atoms with van der Waals surface area (Å²) in [6.45, 7) is 1.11. The van der Waals surface area contributed by atoms with E-state index in [0.29, 0.717) is 0 Å².